The van der Waals surface area contributed by atoms with Gasteiger partial charge in [-0.3, -0.25) is 0 Å². The summed E-state index contributed by atoms with van der Waals surface area (Å²) in [6, 6.07) is 10.2. The van der Waals surface area contributed by atoms with Crippen LogP contribution in [0.5, 0.6) is 0 Å². The lowest BCUT2D eigenvalue weighted by atomic mass is 10.2. The Morgan fingerprint density at radius 1 is 1.33 bits per heavy atom. The molecule has 1 saturated carbocycles. The molecule has 3 rings (SSSR count). The summed E-state index contributed by atoms with van der Waals surface area (Å²) in [7, 11) is 0. The Morgan fingerprint density at radius 3 is 3.00 bits per heavy atom. The molecule has 0 aliphatic heterocycles. The van der Waals surface area contributed by atoms with Crippen molar-refractivity contribution in [3.05, 3.63) is 36.1 Å². The Labute approximate surface area is 88.5 Å². The van der Waals surface area contributed by atoms with E-state index >= 15 is 0 Å². The predicted octanol–water partition coefficient (Wildman–Crippen LogP) is 2.92. The maximum Gasteiger partial charge on any atom is 0.134 e. The number of aliphatic hydroxyl groups is 1. The number of fused-ring (bicyclic) bond motifs is 1. The number of furan rings is 1. The largest absolute Gasteiger partial charge is 0.461 e. The van der Waals surface area contributed by atoms with E-state index in [2.05, 4.69) is 12.1 Å². The van der Waals surface area contributed by atoms with E-state index < -0.39 is 0 Å². The number of hydrogen-bond acceptors (Lipinski definition) is 2. The van der Waals surface area contributed by atoms with E-state index in [0.29, 0.717) is 18.4 Å². The van der Waals surface area contributed by atoms with Crippen LogP contribution in [0.2, 0.25) is 0 Å². The molecule has 78 valence electrons. The Kier molecular flexibility index (Phi) is 2.03. The van der Waals surface area contributed by atoms with Crippen molar-refractivity contribution < 1.29 is 9.52 Å². The average molecular weight is 202 g/mol. The van der Waals surface area contributed by atoms with Crippen LogP contribution < -0.4 is 0 Å². The molecule has 1 aromatic carbocycles. The molecule has 2 nitrogen and oxygen atoms in total. The van der Waals surface area contributed by atoms with Crippen molar-refractivity contribution in [3.63, 3.8) is 0 Å². The van der Waals surface area contributed by atoms with Gasteiger partial charge in [-0.1, -0.05) is 18.2 Å². The highest BCUT2D eigenvalue weighted by Crippen LogP contribution is 2.50. The zero-order chi connectivity index (χ0) is 10.3. The summed E-state index contributed by atoms with van der Waals surface area (Å²) in [6.07, 6.45) is 2.07. The van der Waals surface area contributed by atoms with Crippen molar-refractivity contribution in [2.75, 3.05) is 6.61 Å². The minimum absolute atomic E-state index is 0.293. The minimum Gasteiger partial charge on any atom is -0.461 e. The molecule has 0 radical (unpaired) electrons. The second-order valence-electron chi connectivity index (χ2n) is 4.30. The molecule has 1 aromatic heterocycles. The van der Waals surface area contributed by atoms with Crippen LogP contribution in [0, 0.1) is 5.92 Å². The molecule has 1 aliphatic carbocycles. The maximum atomic E-state index is 8.85. The lowest BCUT2D eigenvalue weighted by molar-refractivity contribution is 0.278. The first-order valence-electron chi connectivity index (χ1n) is 5.48. The van der Waals surface area contributed by atoms with Gasteiger partial charge in [0.15, 0.2) is 0 Å². The topological polar surface area (TPSA) is 33.4 Å². The highest BCUT2D eigenvalue weighted by atomic mass is 16.3. The Morgan fingerprint density at radius 2 is 2.20 bits per heavy atom. The van der Waals surface area contributed by atoms with E-state index in [-0.39, 0.29) is 0 Å². The number of hydrogen-bond donors (Lipinski definition) is 1. The van der Waals surface area contributed by atoms with Crippen LogP contribution in [0.3, 0.4) is 0 Å². The monoisotopic (exact) mass is 202 g/mol. The van der Waals surface area contributed by atoms with Gasteiger partial charge in [0.1, 0.15) is 11.3 Å². The molecule has 15 heavy (non-hydrogen) atoms. The number of benzene rings is 1. The first kappa shape index (κ1) is 8.98. The summed E-state index contributed by atoms with van der Waals surface area (Å²) in [4.78, 5) is 0. The van der Waals surface area contributed by atoms with Gasteiger partial charge in [0.25, 0.3) is 0 Å². The van der Waals surface area contributed by atoms with Crippen LogP contribution in [-0.2, 0) is 0 Å². The molecule has 0 spiro atoms. The third-order valence-corrected chi connectivity index (χ3v) is 3.23. The molecule has 0 unspecified atom stereocenters. The molecule has 1 N–H and O–H groups in total. The van der Waals surface area contributed by atoms with Crippen LogP contribution in [0.25, 0.3) is 11.0 Å². The van der Waals surface area contributed by atoms with Crippen LogP contribution in [-0.4, -0.2) is 11.7 Å². The lowest BCUT2D eigenvalue weighted by Crippen LogP contribution is -1.86. The first-order valence-corrected chi connectivity index (χ1v) is 5.48. The van der Waals surface area contributed by atoms with E-state index in [1.54, 1.807) is 0 Å². The Balaban J connectivity index is 1.87. The molecule has 2 atom stereocenters. The maximum absolute atomic E-state index is 8.85. The van der Waals surface area contributed by atoms with Gasteiger partial charge >= 0.3 is 0 Å². The normalized spacial score (nSPS) is 24.6. The molecule has 0 amide bonds. The molecule has 0 bridgehead atoms. The standard InChI is InChI=1S/C13H14O2/c14-6-5-9-7-11(9)13-8-10-3-1-2-4-12(10)15-13/h1-4,8-9,11,14H,5-7H2/t9-,11+/m1/s1. The summed E-state index contributed by atoms with van der Waals surface area (Å²) >= 11 is 0. The summed E-state index contributed by atoms with van der Waals surface area (Å²) in [5.74, 6) is 2.27. The van der Waals surface area contributed by atoms with Gasteiger partial charge in [-0.25, -0.2) is 0 Å². The van der Waals surface area contributed by atoms with Crippen LogP contribution >= 0.6 is 0 Å². The lowest BCUT2D eigenvalue weighted by Gasteiger charge is -1.92. The third kappa shape index (κ3) is 1.55. The highest BCUT2D eigenvalue weighted by molar-refractivity contribution is 5.77. The van der Waals surface area contributed by atoms with Gasteiger partial charge in [-0.05, 0) is 30.9 Å². The van der Waals surface area contributed by atoms with Crippen molar-refractivity contribution in [1.29, 1.82) is 0 Å². The fourth-order valence-corrected chi connectivity index (χ4v) is 2.27. The smallest absolute Gasteiger partial charge is 0.134 e. The van der Waals surface area contributed by atoms with Gasteiger partial charge in [0.05, 0.1) is 0 Å². The molecular formula is C13H14O2. The van der Waals surface area contributed by atoms with Crippen molar-refractivity contribution in [3.8, 4) is 0 Å². The molecule has 2 aromatic rings. The van der Waals surface area contributed by atoms with Gasteiger partial charge in [0, 0.05) is 17.9 Å². The van der Waals surface area contributed by atoms with E-state index in [0.717, 1.165) is 17.8 Å². The molecular weight excluding hydrogens is 188 g/mol. The molecule has 0 saturated heterocycles. The Bertz CT molecular complexity index is 439. The highest BCUT2D eigenvalue weighted by Gasteiger charge is 2.39. The Hall–Kier alpha value is -1.28. The van der Waals surface area contributed by atoms with E-state index in [1.807, 2.05) is 18.2 Å². The average Bonchev–Trinajstić information content (AvgIpc) is 2.89. The van der Waals surface area contributed by atoms with Gasteiger partial charge in [-0.2, -0.15) is 0 Å². The number of aliphatic hydroxyl groups excluding tert-OH is 1. The van der Waals surface area contributed by atoms with E-state index in [4.69, 9.17) is 9.52 Å². The molecule has 2 heteroatoms. The predicted molar refractivity (Wildman–Crippen MR) is 58.8 cm³/mol. The van der Waals surface area contributed by atoms with Gasteiger partial charge < -0.3 is 9.52 Å². The van der Waals surface area contributed by atoms with Crippen LogP contribution in [0.15, 0.2) is 34.7 Å². The second-order valence-corrected chi connectivity index (χ2v) is 4.30. The van der Waals surface area contributed by atoms with Crippen molar-refractivity contribution in [2.24, 2.45) is 5.92 Å². The van der Waals surface area contributed by atoms with Gasteiger partial charge in [-0.15, -0.1) is 0 Å². The van der Waals surface area contributed by atoms with E-state index in [9.17, 15) is 0 Å². The summed E-state index contributed by atoms with van der Waals surface area (Å²) in [5.41, 5.74) is 0.974. The van der Waals surface area contributed by atoms with Crippen molar-refractivity contribution >= 4 is 11.0 Å². The first-order chi connectivity index (χ1) is 7.38. The summed E-state index contributed by atoms with van der Waals surface area (Å²) < 4.78 is 5.79. The number of rotatable bonds is 3. The zero-order valence-electron chi connectivity index (χ0n) is 8.52. The summed E-state index contributed by atoms with van der Waals surface area (Å²) in [6.45, 7) is 0.293. The minimum atomic E-state index is 0.293. The number of para-hydroxylation sites is 1. The van der Waals surface area contributed by atoms with Gasteiger partial charge in [0.2, 0.25) is 0 Å². The zero-order valence-corrected chi connectivity index (χ0v) is 8.52. The van der Waals surface area contributed by atoms with Crippen molar-refractivity contribution in [2.45, 2.75) is 18.8 Å². The van der Waals surface area contributed by atoms with Crippen LogP contribution in [0.1, 0.15) is 24.5 Å². The summed E-state index contributed by atoms with van der Waals surface area (Å²) in [5, 5.41) is 10.0. The fourth-order valence-electron chi connectivity index (χ4n) is 2.27. The quantitative estimate of drug-likeness (QED) is 0.830. The third-order valence-electron chi connectivity index (χ3n) is 3.23. The second kappa shape index (κ2) is 3.38. The molecule has 1 aliphatic rings. The van der Waals surface area contributed by atoms with Crippen LogP contribution in [0.4, 0.5) is 0 Å². The van der Waals surface area contributed by atoms with Crippen molar-refractivity contribution in [1.82, 2.24) is 0 Å². The molecule has 1 fully saturated rings. The fraction of sp³-hybridized carbons (Fsp3) is 0.385. The SMILES string of the molecule is OCC[C@@H]1C[C@@H]1c1cc2ccccc2o1. The molecule has 1 heterocycles. The van der Waals surface area contributed by atoms with E-state index in [1.165, 1.54) is 11.8 Å².